The van der Waals surface area contributed by atoms with E-state index in [9.17, 15) is 9.59 Å². The lowest BCUT2D eigenvalue weighted by molar-refractivity contribution is -0.139. The average Bonchev–Trinajstić information content (AvgIpc) is 2.44. The number of carbonyl (C=O) groups is 2. The number of ether oxygens (including phenoxy) is 2. The Morgan fingerprint density at radius 3 is 2.60 bits per heavy atom. The lowest BCUT2D eigenvalue weighted by Gasteiger charge is -2.07. The first kappa shape index (κ1) is 15.4. The normalized spacial score (nSPS) is 10.6. The molecule has 0 aromatic heterocycles. The maximum atomic E-state index is 11.7. The number of hydrogen-bond acceptors (Lipinski definition) is 5. The molecule has 0 fully saturated rings. The first-order valence-electron chi connectivity index (χ1n) is 6.01. The highest BCUT2D eigenvalue weighted by Crippen LogP contribution is 2.23. The zero-order chi connectivity index (χ0) is 15.1. The number of ketones is 1. The Morgan fingerprint density at radius 1 is 1.40 bits per heavy atom. The van der Waals surface area contributed by atoms with Crippen molar-refractivity contribution in [2.45, 2.75) is 13.8 Å². The third-order valence-electron chi connectivity index (χ3n) is 2.54. The van der Waals surface area contributed by atoms with Gasteiger partial charge in [0.2, 0.25) is 0 Å². The van der Waals surface area contributed by atoms with Gasteiger partial charge in [0.15, 0.2) is 5.78 Å². The number of Topliss-reactive ketones (excluding diaryl/α,β-unsaturated/α-hetero) is 1. The van der Waals surface area contributed by atoms with Crippen LogP contribution in [0.1, 0.15) is 25.0 Å². The predicted molar refractivity (Wildman–Crippen MR) is 73.0 cm³/mol. The molecule has 20 heavy (non-hydrogen) atoms. The van der Waals surface area contributed by atoms with Crippen molar-refractivity contribution < 1.29 is 19.1 Å². The van der Waals surface area contributed by atoms with Gasteiger partial charge in [0, 0.05) is 5.56 Å². The Morgan fingerprint density at radius 2 is 2.10 bits per heavy atom. The van der Waals surface area contributed by atoms with E-state index < -0.39 is 11.8 Å². The molecule has 0 heterocycles. The molecule has 5 heteroatoms. The summed E-state index contributed by atoms with van der Waals surface area (Å²) < 4.78 is 9.98. The largest absolute Gasteiger partial charge is 0.496 e. The summed E-state index contributed by atoms with van der Waals surface area (Å²) in [5.74, 6) is -0.659. The van der Waals surface area contributed by atoms with Crippen molar-refractivity contribution in [3.63, 3.8) is 0 Å². The first-order valence-corrected chi connectivity index (χ1v) is 6.01. The molecule has 1 rings (SSSR count). The fourth-order valence-corrected chi connectivity index (χ4v) is 1.57. The molecular formula is C15H15NO4. The van der Waals surface area contributed by atoms with Gasteiger partial charge in [-0.05, 0) is 38.1 Å². The lowest BCUT2D eigenvalue weighted by Crippen LogP contribution is -2.13. The van der Waals surface area contributed by atoms with Gasteiger partial charge in [-0.1, -0.05) is 0 Å². The number of methoxy groups -OCH3 is 1. The van der Waals surface area contributed by atoms with E-state index >= 15 is 0 Å². The van der Waals surface area contributed by atoms with E-state index in [4.69, 9.17) is 14.7 Å². The van der Waals surface area contributed by atoms with Crippen molar-refractivity contribution in [3.8, 4) is 11.8 Å². The summed E-state index contributed by atoms with van der Waals surface area (Å²) in [7, 11) is 1.45. The minimum Gasteiger partial charge on any atom is -0.496 e. The van der Waals surface area contributed by atoms with Gasteiger partial charge in [0.05, 0.1) is 25.3 Å². The van der Waals surface area contributed by atoms with E-state index in [1.807, 2.05) is 6.07 Å². The van der Waals surface area contributed by atoms with Gasteiger partial charge in [-0.2, -0.15) is 5.26 Å². The number of nitrogens with zero attached hydrogens (tertiary/aromatic N) is 1. The van der Waals surface area contributed by atoms with Gasteiger partial charge in [0.1, 0.15) is 11.3 Å². The molecule has 0 unspecified atom stereocenters. The molecule has 0 aliphatic carbocycles. The highest BCUT2D eigenvalue weighted by Gasteiger charge is 2.16. The van der Waals surface area contributed by atoms with Gasteiger partial charge in [-0.3, -0.25) is 4.79 Å². The predicted octanol–water partition coefficient (Wildman–Crippen LogP) is 2.10. The molecule has 0 spiro atoms. The molecule has 0 aliphatic heterocycles. The highest BCUT2D eigenvalue weighted by atomic mass is 16.5. The van der Waals surface area contributed by atoms with E-state index in [-0.39, 0.29) is 12.2 Å². The van der Waals surface area contributed by atoms with Crippen LogP contribution in [0.25, 0.3) is 6.08 Å². The van der Waals surface area contributed by atoms with Crippen LogP contribution in [0.3, 0.4) is 0 Å². The highest BCUT2D eigenvalue weighted by molar-refractivity contribution is 6.19. The number of rotatable bonds is 5. The molecule has 0 bridgehead atoms. The minimum atomic E-state index is -0.675. The molecule has 5 nitrogen and oxygen atoms in total. The van der Waals surface area contributed by atoms with E-state index in [2.05, 4.69) is 0 Å². The Labute approximate surface area is 117 Å². The lowest BCUT2D eigenvalue weighted by atomic mass is 10.1. The van der Waals surface area contributed by atoms with Crippen LogP contribution in [-0.2, 0) is 14.3 Å². The molecule has 0 amide bonds. The number of carbonyl (C=O) groups excluding carboxylic acids is 2. The van der Waals surface area contributed by atoms with Crippen LogP contribution in [0.2, 0.25) is 0 Å². The fraction of sp³-hybridized carbons (Fsp3) is 0.267. The fourth-order valence-electron chi connectivity index (χ4n) is 1.57. The Kier molecular flexibility index (Phi) is 5.48. The number of esters is 1. The van der Waals surface area contributed by atoms with E-state index in [0.717, 1.165) is 0 Å². The molecule has 0 N–H and O–H groups in total. The Balaban J connectivity index is 3.27. The molecule has 0 saturated heterocycles. The van der Waals surface area contributed by atoms with Crippen molar-refractivity contribution in [2.24, 2.45) is 0 Å². The Hall–Kier alpha value is -2.61. The van der Waals surface area contributed by atoms with Gasteiger partial charge in [-0.25, -0.2) is 4.79 Å². The standard InChI is InChI=1S/C15H15NO4/c1-4-20-15(18)13(10(2)17)8-12-6-5-11(9-16)7-14(12)19-3/h5-8H,4H2,1-3H3/b13-8+. The summed E-state index contributed by atoms with van der Waals surface area (Å²) in [5.41, 5.74) is 0.902. The smallest absolute Gasteiger partial charge is 0.341 e. The van der Waals surface area contributed by atoms with Gasteiger partial charge >= 0.3 is 5.97 Å². The van der Waals surface area contributed by atoms with E-state index in [1.165, 1.54) is 26.2 Å². The van der Waals surface area contributed by atoms with Gasteiger partial charge in [-0.15, -0.1) is 0 Å². The number of benzene rings is 1. The Bertz CT molecular complexity index is 596. The van der Waals surface area contributed by atoms with Crippen molar-refractivity contribution in [1.82, 2.24) is 0 Å². The van der Waals surface area contributed by atoms with Gasteiger partial charge < -0.3 is 9.47 Å². The van der Waals surface area contributed by atoms with E-state index in [0.29, 0.717) is 16.9 Å². The minimum absolute atomic E-state index is 0.0603. The summed E-state index contributed by atoms with van der Waals surface area (Å²) in [5, 5.41) is 8.83. The third kappa shape index (κ3) is 3.69. The third-order valence-corrected chi connectivity index (χ3v) is 2.54. The maximum absolute atomic E-state index is 11.7. The summed E-state index contributed by atoms with van der Waals surface area (Å²) in [6.45, 7) is 3.14. The molecule has 0 saturated carbocycles. The number of hydrogen-bond donors (Lipinski definition) is 0. The molecule has 0 radical (unpaired) electrons. The summed E-state index contributed by atoms with van der Waals surface area (Å²) in [6, 6.07) is 6.72. The molecule has 0 aliphatic rings. The van der Waals surface area contributed by atoms with Crippen LogP contribution >= 0.6 is 0 Å². The van der Waals surface area contributed by atoms with Gasteiger partial charge in [0.25, 0.3) is 0 Å². The quantitative estimate of drug-likeness (QED) is 0.355. The summed E-state index contributed by atoms with van der Waals surface area (Å²) in [6.07, 6.45) is 1.40. The van der Waals surface area contributed by atoms with Crippen molar-refractivity contribution >= 4 is 17.8 Å². The summed E-state index contributed by atoms with van der Waals surface area (Å²) >= 11 is 0. The van der Waals surface area contributed by atoms with Crippen LogP contribution in [0, 0.1) is 11.3 Å². The van der Waals surface area contributed by atoms with Crippen molar-refractivity contribution in [1.29, 1.82) is 5.26 Å². The second-order valence-electron chi connectivity index (χ2n) is 3.90. The van der Waals surface area contributed by atoms with Crippen LogP contribution in [-0.4, -0.2) is 25.5 Å². The van der Waals surface area contributed by atoms with Crippen molar-refractivity contribution in [2.75, 3.05) is 13.7 Å². The van der Waals surface area contributed by atoms with E-state index in [1.54, 1.807) is 19.1 Å². The molecule has 1 aromatic carbocycles. The zero-order valence-corrected chi connectivity index (χ0v) is 11.6. The second kappa shape index (κ2) is 7.10. The monoisotopic (exact) mass is 273 g/mol. The molecule has 0 atom stereocenters. The van der Waals surface area contributed by atoms with Crippen LogP contribution in [0.15, 0.2) is 23.8 Å². The second-order valence-corrected chi connectivity index (χ2v) is 3.90. The van der Waals surface area contributed by atoms with Crippen LogP contribution in [0.5, 0.6) is 5.75 Å². The molecule has 104 valence electrons. The molecule has 1 aromatic rings. The zero-order valence-electron chi connectivity index (χ0n) is 11.6. The average molecular weight is 273 g/mol. The van der Waals surface area contributed by atoms with Crippen LogP contribution < -0.4 is 4.74 Å². The first-order chi connectivity index (χ1) is 9.53. The summed E-state index contributed by atoms with van der Waals surface area (Å²) in [4.78, 5) is 23.2. The molecular weight excluding hydrogens is 258 g/mol. The maximum Gasteiger partial charge on any atom is 0.341 e. The SMILES string of the molecule is CCOC(=O)/C(=C/c1ccc(C#N)cc1OC)C(C)=O. The number of nitriles is 1. The van der Waals surface area contributed by atoms with Crippen LogP contribution in [0.4, 0.5) is 0 Å². The van der Waals surface area contributed by atoms with Crippen molar-refractivity contribution in [3.05, 3.63) is 34.9 Å². The topological polar surface area (TPSA) is 76.4 Å².